The molecule has 12 rings (SSSR count). The van der Waals surface area contributed by atoms with Crippen LogP contribution < -0.4 is 0 Å². The van der Waals surface area contributed by atoms with E-state index >= 15 is 0 Å². The van der Waals surface area contributed by atoms with Gasteiger partial charge in [0.2, 0.25) is 0 Å². The average Bonchev–Trinajstić information content (AvgIpc) is 3.79. The predicted molar refractivity (Wildman–Crippen MR) is 234 cm³/mol. The molecule has 3 aromatic heterocycles. The zero-order chi connectivity index (χ0) is 36.7. The first-order valence-corrected chi connectivity index (χ1v) is 19.1. The van der Waals surface area contributed by atoms with Crippen LogP contribution in [-0.2, 0) is 0 Å². The fourth-order valence-electron chi connectivity index (χ4n) is 9.09. The van der Waals surface area contributed by atoms with Crippen molar-refractivity contribution in [2.45, 2.75) is 0 Å². The van der Waals surface area contributed by atoms with Crippen LogP contribution in [0.1, 0.15) is 0 Å². The zero-order valence-corrected chi connectivity index (χ0v) is 30.3. The molecule has 260 valence electrons. The predicted octanol–water partition coefficient (Wildman–Crippen LogP) is 13.5. The first kappa shape index (κ1) is 30.9. The third-order valence-corrected chi connectivity index (χ3v) is 11.6. The Morgan fingerprint density at radius 3 is 1.02 bits per heavy atom. The molecule has 4 nitrogen and oxygen atoms in total. The molecule has 0 spiro atoms. The van der Waals surface area contributed by atoms with Gasteiger partial charge < -0.3 is 9.13 Å². The van der Waals surface area contributed by atoms with Crippen LogP contribution in [0, 0.1) is 0 Å². The minimum Gasteiger partial charge on any atom is -0.309 e. The highest BCUT2D eigenvalue weighted by Gasteiger charge is 2.16. The van der Waals surface area contributed by atoms with Gasteiger partial charge in [0.05, 0.1) is 33.1 Å². The van der Waals surface area contributed by atoms with Crippen LogP contribution in [0.25, 0.3) is 110 Å². The lowest BCUT2D eigenvalue weighted by atomic mass is 9.93. The molecule has 0 atom stereocenters. The Labute approximate surface area is 322 Å². The summed E-state index contributed by atoms with van der Waals surface area (Å²) in [6.07, 6.45) is 3.59. The molecular weight excluding hydrogens is 681 g/mol. The van der Waals surface area contributed by atoms with Gasteiger partial charge in [0.15, 0.2) is 0 Å². The molecule has 9 aromatic carbocycles. The van der Waals surface area contributed by atoms with Gasteiger partial charge in [0.25, 0.3) is 0 Å². The van der Waals surface area contributed by atoms with Gasteiger partial charge in [0.1, 0.15) is 0 Å². The molecule has 4 heteroatoms. The lowest BCUT2D eigenvalue weighted by molar-refractivity contribution is 1.18. The maximum Gasteiger partial charge on any atom is 0.0971 e. The summed E-state index contributed by atoms with van der Waals surface area (Å²) in [4.78, 5) is 9.74. The Morgan fingerprint density at radius 2 is 0.625 bits per heavy atom. The smallest absolute Gasteiger partial charge is 0.0971 e. The van der Waals surface area contributed by atoms with Crippen molar-refractivity contribution in [1.82, 2.24) is 19.1 Å². The van der Waals surface area contributed by atoms with Crippen LogP contribution >= 0.6 is 0 Å². The van der Waals surface area contributed by atoms with E-state index in [0.29, 0.717) is 0 Å². The SMILES string of the molecule is c1cc(-c2ccc3c(c2)c2cc(-c4cccc(-n5c6ccccc6c6ccccc65)c4)ccc2c2nccnc32)cc(-n2c3ccccc3c3ccccc32)c1. The Morgan fingerprint density at radius 1 is 0.268 bits per heavy atom. The summed E-state index contributed by atoms with van der Waals surface area (Å²) >= 11 is 0. The maximum absolute atomic E-state index is 4.87. The number of aromatic nitrogens is 4. The summed E-state index contributed by atoms with van der Waals surface area (Å²) in [5.41, 5.74) is 13.6. The van der Waals surface area contributed by atoms with Gasteiger partial charge in [-0.05, 0) is 93.7 Å². The molecule has 3 heterocycles. The molecule has 0 N–H and O–H groups in total. The van der Waals surface area contributed by atoms with Gasteiger partial charge in [-0.1, -0.05) is 121 Å². The van der Waals surface area contributed by atoms with E-state index in [0.717, 1.165) is 66.2 Å². The standard InChI is InChI=1S/C52H32N4/c1-5-19-47-39(15-1)40-16-2-6-20-48(40)55(47)37-13-9-11-33(29-37)35-23-25-43-45(31-35)46-32-36(24-26-44(46)52-51(43)53-27-28-54-52)34-12-10-14-38(30-34)56-49-21-7-3-17-41(49)42-18-4-8-22-50(42)56/h1-32H. The van der Waals surface area contributed by atoms with Crippen molar-refractivity contribution in [3.8, 4) is 33.6 Å². The number of fused-ring (bicyclic) bond motifs is 12. The third kappa shape index (κ3) is 4.53. The lowest BCUT2D eigenvalue weighted by Gasteiger charge is -2.14. The number of benzene rings is 9. The van der Waals surface area contributed by atoms with Crippen molar-refractivity contribution < 1.29 is 0 Å². The van der Waals surface area contributed by atoms with Crippen molar-refractivity contribution in [2.75, 3.05) is 0 Å². The number of hydrogen-bond donors (Lipinski definition) is 0. The molecule has 0 aliphatic carbocycles. The van der Waals surface area contributed by atoms with Gasteiger partial charge in [-0.25, -0.2) is 0 Å². The average molecular weight is 713 g/mol. The Kier molecular flexibility index (Phi) is 6.60. The van der Waals surface area contributed by atoms with E-state index < -0.39 is 0 Å². The molecule has 0 saturated carbocycles. The van der Waals surface area contributed by atoms with Crippen molar-refractivity contribution >= 4 is 76.2 Å². The van der Waals surface area contributed by atoms with E-state index in [9.17, 15) is 0 Å². The normalized spacial score (nSPS) is 11.9. The minimum absolute atomic E-state index is 0.918. The van der Waals surface area contributed by atoms with Gasteiger partial charge in [-0.15, -0.1) is 0 Å². The fraction of sp³-hybridized carbons (Fsp3) is 0. The first-order chi connectivity index (χ1) is 27.8. The molecular formula is C52H32N4. The van der Waals surface area contributed by atoms with E-state index in [4.69, 9.17) is 9.97 Å². The highest BCUT2D eigenvalue weighted by Crippen LogP contribution is 2.40. The van der Waals surface area contributed by atoms with Gasteiger partial charge in [0, 0.05) is 56.1 Å². The number of para-hydroxylation sites is 4. The number of hydrogen-bond acceptors (Lipinski definition) is 2. The second-order valence-electron chi connectivity index (χ2n) is 14.6. The van der Waals surface area contributed by atoms with E-state index in [2.05, 4.69) is 191 Å². The van der Waals surface area contributed by atoms with Crippen molar-refractivity contribution in [1.29, 1.82) is 0 Å². The molecule has 0 bridgehead atoms. The van der Waals surface area contributed by atoms with Crippen LogP contribution in [0.15, 0.2) is 194 Å². The van der Waals surface area contributed by atoms with Gasteiger partial charge in [-0.3, -0.25) is 9.97 Å². The number of rotatable bonds is 4. The zero-order valence-electron chi connectivity index (χ0n) is 30.3. The van der Waals surface area contributed by atoms with E-state index in [1.165, 1.54) is 43.6 Å². The second-order valence-corrected chi connectivity index (χ2v) is 14.6. The van der Waals surface area contributed by atoms with E-state index in [-0.39, 0.29) is 0 Å². The highest BCUT2D eigenvalue weighted by molar-refractivity contribution is 6.24. The van der Waals surface area contributed by atoms with Crippen LogP contribution in [-0.4, -0.2) is 19.1 Å². The molecule has 0 aliphatic rings. The first-order valence-electron chi connectivity index (χ1n) is 19.1. The maximum atomic E-state index is 4.87. The van der Waals surface area contributed by atoms with Crippen molar-refractivity contribution in [3.05, 3.63) is 194 Å². The summed E-state index contributed by atoms with van der Waals surface area (Å²) in [5, 5.41) is 9.55. The Balaban J connectivity index is 1.04. The fourth-order valence-corrected chi connectivity index (χ4v) is 9.09. The highest BCUT2D eigenvalue weighted by atomic mass is 15.0. The summed E-state index contributed by atoms with van der Waals surface area (Å²) in [5.74, 6) is 0. The second kappa shape index (κ2) is 12.0. The summed E-state index contributed by atoms with van der Waals surface area (Å²) in [6.45, 7) is 0. The summed E-state index contributed by atoms with van der Waals surface area (Å²) in [7, 11) is 0. The van der Waals surface area contributed by atoms with E-state index in [1.807, 2.05) is 0 Å². The van der Waals surface area contributed by atoms with Crippen LogP contribution in [0.4, 0.5) is 0 Å². The van der Waals surface area contributed by atoms with Crippen LogP contribution in [0.3, 0.4) is 0 Å². The third-order valence-electron chi connectivity index (χ3n) is 11.6. The molecule has 0 saturated heterocycles. The largest absolute Gasteiger partial charge is 0.309 e. The Hall–Kier alpha value is -7.56. The van der Waals surface area contributed by atoms with Gasteiger partial charge >= 0.3 is 0 Å². The molecule has 0 aliphatic heterocycles. The molecule has 0 radical (unpaired) electrons. The van der Waals surface area contributed by atoms with E-state index in [1.54, 1.807) is 12.4 Å². The monoisotopic (exact) mass is 712 g/mol. The molecule has 12 aromatic rings. The summed E-state index contributed by atoms with van der Waals surface area (Å²) < 4.78 is 4.76. The molecule has 0 fully saturated rings. The molecule has 56 heavy (non-hydrogen) atoms. The van der Waals surface area contributed by atoms with Crippen LogP contribution in [0.2, 0.25) is 0 Å². The molecule has 0 unspecified atom stereocenters. The molecule has 0 amide bonds. The summed E-state index contributed by atoms with van der Waals surface area (Å²) in [6, 6.07) is 66.1. The lowest BCUT2D eigenvalue weighted by Crippen LogP contribution is -1.95. The van der Waals surface area contributed by atoms with Crippen molar-refractivity contribution in [3.63, 3.8) is 0 Å². The topological polar surface area (TPSA) is 35.6 Å². The van der Waals surface area contributed by atoms with Crippen LogP contribution in [0.5, 0.6) is 0 Å². The quantitative estimate of drug-likeness (QED) is 0.170. The number of nitrogens with zero attached hydrogens (tertiary/aromatic N) is 4. The minimum atomic E-state index is 0.918. The van der Waals surface area contributed by atoms with Gasteiger partial charge in [-0.2, -0.15) is 0 Å². The van der Waals surface area contributed by atoms with Crippen molar-refractivity contribution in [2.24, 2.45) is 0 Å². The Bertz CT molecular complexity index is 3210.